The van der Waals surface area contributed by atoms with Gasteiger partial charge >= 0.3 is 0 Å². The SMILES string of the molecule is NCC1c2ccccc2CN1Cc1cccnc1. The van der Waals surface area contributed by atoms with E-state index in [9.17, 15) is 0 Å². The van der Waals surface area contributed by atoms with Crippen LogP contribution in [0.25, 0.3) is 0 Å². The summed E-state index contributed by atoms with van der Waals surface area (Å²) in [7, 11) is 0. The van der Waals surface area contributed by atoms with Crippen molar-refractivity contribution in [2.75, 3.05) is 6.54 Å². The molecule has 3 rings (SSSR count). The van der Waals surface area contributed by atoms with E-state index >= 15 is 0 Å². The Hall–Kier alpha value is -1.71. The highest BCUT2D eigenvalue weighted by Crippen LogP contribution is 2.33. The third-order valence-electron chi connectivity index (χ3n) is 3.56. The second-order valence-electron chi connectivity index (χ2n) is 4.72. The third kappa shape index (κ3) is 2.03. The molecule has 0 amide bonds. The van der Waals surface area contributed by atoms with E-state index < -0.39 is 0 Å². The molecule has 1 aliphatic rings. The monoisotopic (exact) mass is 239 g/mol. The van der Waals surface area contributed by atoms with E-state index in [2.05, 4.69) is 40.2 Å². The van der Waals surface area contributed by atoms with Gasteiger partial charge in [0.1, 0.15) is 0 Å². The van der Waals surface area contributed by atoms with Gasteiger partial charge in [-0.2, -0.15) is 0 Å². The first-order chi connectivity index (χ1) is 8.88. The maximum Gasteiger partial charge on any atom is 0.0480 e. The van der Waals surface area contributed by atoms with Crippen LogP contribution in [0.3, 0.4) is 0 Å². The van der Waals surface area contributed by atoms with Gasteiger partial charge in [0.2, 0.25) is 0 Å². The van der Waals surface area contributed by atoms with Gasteiger partial charge in [0.15, 0.2) is 0 Å². The summed E-state index contributed by atoms with van der Waals surface area (Å²) in [4.78, 5) is 6.59. The summed E-state index contributed by atoms with van der Waals surface area (Å²) in [6, 6.07) is 13.0. The minimum absolute atomic E-state index is 0.335. The van der Waals surface area contributed by atoms with E-state index in [0.29, 0.717) is 12.6 Å². The van der Waals surface area contributed by atoms with E-state index in [1.165, 1.54) is 16.7 Å². The lowest BCUT2D eigenvalue weighted by Gasteiger charge is -2.23. The molecule has 0 fully saturated rings. The number of aromatic nitrogens is 1. The van der Waals surface area contributed by atoms with Crippen molar-refractivity contribution in [3.63, 3.8) is 0 Å². The predicted octanol–water partition coefficient (Wildman–Crippen LogP) is 2.10. The van der Waals surface area contributed by atoms with Gasteiger partial charge in [-0.25, -0.2) is 0 Å². The Labute approximate surface area is 107 Å². The van der Waals surface area contributed by atoms with Crippen LogP contribution in [0.4, 0.5) is 0 Å². The molecule has 1 aromatic carbocycles. The summed E-state index contributed by atoms with van der Waals surface area (Å²) in [6.45, 7) is 2.55. The molecule has 2 aromatic rings. The van der Waals surface area contributed by atoms with Crippen LogP contribution >= 0.6 is 0 Å². The number of benzene rings is 1. The minimum atomic E-state index is 0.335. The van der Waals surface area contributed by atoms with Crippen LogP contribution in [0.15, 0.2) is 48.8 Å². The second-order valence-corrected chi connectivity index (χ2v) is 4.72. The Bertz CT molecular complexity index is 524. The predicted molar refractivity (Wildman–Crippen MR) is 71.7 cm³/mol. The highest BCUT2D eigenvalue weighted by atomic mass is 15.2. The highest BCUT2D eigenvalue weighted by Gasteiger charge is 2.28. The van der Waals surface area contributed by atoms with E-state index in [0.717, 1.165) is 13.1 Å². The van der Waals surface area contributed by atoms with Crippen LogP contribution in [0, 0.1) is 0 Å². The largest absolute Gasteiger partial charge is 0.329 e. The topological polar surface area (TPSA) is 42.1 Å². The molecule has 0 saturated heterocycles. The molecule has 1 unspecified atom stereocenters. The maximum atomic E-state index is 5.94. The van der Waals surface area contributed by atoms with Crippen molar-refractivity contribution < 1.29 is 0 Å². The van der Waals surface area contributed by atoms with Crippen LogP contribution in [0.2, 0.25) is 0 Å². The Morgan fingerprint density at radius 3 is 2.89 bits per heavy atom. The molecule has 0 spiro atoms. The molecule has 0 bridgehead atoms. The van der Waals surface area contributed by atoms with Crippen molar-refractivity contribution in [1.29, 1.82) is 0 Å². The van der Waals surface area contributed by atoms with Crippen LogP contribution in [-0.4, -0.2) is 16.4 Å². The quantitative estimate of drug-likeness (QED) is 0.892. The molecule has 3 heteroatoms. The zero-order valence-electron chi connectivity index (χ0n) is 10.3. The fourth-order valence-electron chi connectivity index (χ4n) is 2.70. The third-order valence-corrected chi connectivity index (χ3v) is 3.56. The molecule has 0 radical (unpaired) electrons. The van der Waals surface area contributed by atoms with Crippen molar-refractivity contribution >= 4 is 0 Å². The molecule has 92 valence electrons. The highest BCUT2D eigenvalue weighted by molar-refractivity contribution is 5.34. The fraction of sp³-hybridized carbons (Fsp3) is 0.267. The lowest BCUT2D eigenvalue weighted by Crippen LogP contribution is -2.27. The first kappa shape index (κ1) is 11.4. The summed E-state index contributed by atoms with van der Waals surface area (Å²) in [5.41, 5.74) is 9.95. The summed E-state index contributed by atoms with van der Waals surface area (Å²) >= 11 is 0. The Kier molecular flexibility index (Phi) is 3.09. The average molecular weight is 239 g/mol. The number of nitrogens with two attached hydrogens (primary N) is 1. The van der Waals surface area contributed by atoms with Crippen molar-refractivity contribution in [2.24, 2.45) is 5.73 Å². The Morgan fingerprint density at radius 1 is 1.22 bits per heavy atom. The molecule has 0 aliphatic carbocycles. The smallest absolute Gasteiger partial charge is 0.0480 e. The number of nitrogens with zero attached hydrogens (tertiary/aromatic N) is 2. The van der Waals surface area contributed by atoms with Gasteiger partial charge in [0.05, 0.1) is 0 Å². The Balaban J connectivity index is 1.83. The standard InChI is InChI=1S/C15H17N3/c16-8-15-14-6-2-1-5-13(14)11-18(15)10-12-4-3-7-17-9-12/h1-7,9,15H,8,10-11,16H2. The first-order valence-electron chi connectivity index (χ1n) is 6.29. The van der Waals surface area contributed by atoms with Crippen molar-refractivity contribution in [3.8, 4) is 0 Å². The van der Waals surface area contributed by atoms with Crippen LogP contribution in [0.1, 0.15) is 22.7 Å². The molecule has 1 aliphatic heterocycles. The van der Waals surface area contributed by atoms with E-state index in [1.807, 2.05) is 18.5 Å². The van der Waals surface area contributed by atoms with Gasteiger partial charge in [-0.15, -0.1) is 0 Å². The summed E-state index contributed by atoms with van der Waals surface area (Å²) in [6.07, 6.45) is 3.74. The number of rotatable bonds is 3. The van der Waals surface area contributed by atoms with Crippen molar-refractivity contribution in [1.82, 2.24) is 9.88 Å². The summed E-state index contributed by atoms with van der Waals surface area (Å²) < 4.78 is 0. The van der Waals surface area contributed by atoms with Crippen molar-refractivity contribution in [2.45, 2.75) is 19.1 Å². The molecular formula is C15H17N3. The van der Waals surface area contributed by atoms with Gasteiger partial charge in [-0.05, 0) is 22.8 Å². The Morgan fingerprint density at radius 2 is 2.11 bits per heavy atom. The molecule has 1 atom stereocenters. The van der Waals surface area contributed by atoms with E-state index in [-0.39, 0.29) is 0 Å². The number of pyridine rings is 1. The zero-order chi connectivity index (χ0) is 12.4. The maximum absolute atomic E-state index is 5.94. The lowest BCUT2D eigenvalue weighted by molar-refractivity contribution is 0.211. The molecule has 1 aromatic heterocycles. The number of fused-ring (bicyclic) bond motifs is 1. The normalized spacial score (nSPS) is 18.8. The number of hydrogen-bond acceptors (Lipinski definition) is 3. The van der Waals surface area contributed by atoms with Crippen LogP contribution in [-0.2, 0) is 13.1 Å². The van der Waals surface area contributed by atoms with Crippen LogP contribution in [0.5, 0.6) is 0 Å². The fourth-order valence-corrected chi connectivity index (χ4v) is 2.70. The number of hydrogen-bond donors (Lipinski definition) is 1. The molecule has 0 saturated carbocycles. The zero-order valence-corrected chi connectivity index (χ0v) is 10.3. The first-order valence-corrected chi connectivity index (χ1v) is 6.29. The minimum Gasteiger partial charge on any atom is -0.329 e. The van der Waals surface area contributed by atoms with Gasteiger partial charge in [0, 0.05) is 38.1 Å². The molecule has 3 nitrogen and oxygen atoms in total. The van der Waals surface area contributed by atoms with Crippen LogP contribution < -0.4 is 5.73 Å². The van der Waals surface area contributed by atoms with Gasteiger partial charge in [-0.1, -0.05) is 30.3 Å². The summed E-state index contributed by atoms with van der Waals surface area (Å²) in [5, 5.41) is 0. The average Bonchev–Trinajstić information content (AvgIpc) is 2.77. The molecule has 18 heavy (non-hydrogen) atoms. The van der Waals surface area contributed by atoms with Gasteiger partial charge < -0.3 is 5.73 Å². The second kappa shape index (κ2) is 4.88. The summed E-state index contributed by atoms with van der Waals surface area (Å²) in [5.74, 6) is 0. The van der Waals surface area contributed by atoms with Crippen molar-refractivity contribution in [3.05, 3.63) is 65.5 Å². The molecule has 2 heterocycles. The molecule has 2 N–H and O–H groups in total. The van der Waals surface area contributed by atoms with Gasteiger partial charge in [0.25, 0.3) is 0 Å². The molecular weight excluding hydrogens is 222 g/mol. The lowest BCUT2D eigenvalue weighted by atomic mass is 10.1. The van der Waals surface area contributed by atoms with E-state index in [4.69, 9.17) is 5.73 Å². The van der Waals surface area contributed by atoms with E-state index in [1.54, 1.807) is 0 Å². The van der Waals surface area contributed by atoms with Gasteiger partial charge in [-0.3, -0.25) is 9.88 Å².